The average molecular weight is 395 g/mol. The maximum Gasteiger partial charge on any atom is 0.303 e. The third-order valence-electron chi connectivity index (χ3n) is 3.35. The first-order chi connectivity index (χ1) is 11.5. The van der Waals surface area contributed by atoms with E-state index in [0.717, 1.165) is 4.47 Å². The Morgan fingerprint density at radius 1 is 1.29 bits per heavy atom. The second-order valence-electron chi connectivity index (χ2n) is 5.15. The lowest BCUT2D eigenvalue weighted by molar-refractivity contribution is -0.137. The highest BCUT2D eigenvalue weighted by atomic mass is 79.9. The van der Waals surface area contributed by atoms with Crippen LogP contribution in [0.1, 0.15) is 30.3 Å². The third-order valence-corrected chi connectivity index (χ3v) is 3.79. The second kappa shape index (κ2) is 8.54. The van der Waals surface area contributed by atoms with Crippen molar-refractivity contribution in [1.29, 1.82) is 0 Å². The van der Waals surface area contributed by atoms with E-state index >= 15 is 0 Å². The molecule has 0 saturated heterocycles. The molecule has 1 aromatic heterocycles. The van der Waals surface area contributed by atoms with E-state index < -0.39 is 5.97 Å². The Morgan fingerprint density at radius 3 is 2.62 bits per heavy atom. The molecule has 0 saturated carbocycles. The number of carboxylic acids is 1. The minimum Gasteiger partial charge on any atom is -0.494 e. The van der Waals surface area contributed by atoms with Crippen LogP contribution in [0.4, 0.5) is 5.69 Å². The number of amides is 1. The summed E-state index contributed by atoms with van der Waals surface area (Å²) in [7, 11) is 0. The summed E-state index contributed by atoms with van der Waals surface area (Å²) in [5.41, 5.74) is 1.25. The topological polar surface area (TPSA) is 80.6 Å². The minimum atomic E-state index is -0.833. The molecule has 0 aliphatic rings. The predicted molar refractivity (Wildman–Crippen MR) is 94.6 cm³/mol. The molecule has 128 valence electrons. The highest BCUT2D eigenvalue weighted by molar-refractivity contribution is 9.10. The number of carbonyl (C=O) groups excluding carboxylic acids is 1. The van der Waals surface area contributed by atoms with Gasteiger partial charge in [-0.15, -0.1) is 0 Å². The average Bonchev–Trinajstić information content (AvgIpc) is 2.94. The Bertz CT molecular complexity index is 710. The van der Waals surface area contributed by atoms with Crippen LogP contribution in [-0.4, -0.2) is 28.2 Å². The van der Waals surface area contributed by atoms with E-state index in [-0.39, 0.29) is 12.3 Å². The maximum absolute atomic E-state index is 12.3. The number of aromatic nitrogens is 1. The van der Waals surface area contributed by atoms with E-state index in [2.05, 4.69) is 21.2 Å². The number of aliphatic carboxylic acids is 1. The van der Waals surface area contributed by atoms with Gasteiger partial charge in [0.05, 0.1) is 6.61 Å². The Kier molecular flexibility index (Phi) is 6.43. The largest absolute Gasteiger partial charge is 0.494 e. The van der Waals surface area contributed by atoms with E-state index in [4.69, 9.17) is 9.84 Å². The van der Waals surface area contributed by atoms with Gasteiger partial charge in [0.15, 0.2) is 0 Å². The van der Waals surface area contributed by atoms with E-state index in [0.29, 0.717) is 36.7 Å². The molecule has 24 heavy (non-hydrogen) atoms. The molecule has 6 nitrogen and oxygen atoms in total. The van der Waals surface area contributed by atoms with Gasteiger partial charge in [0.1, 0.15) is 11.4 Å². The number of hydrogen-bond donors (Lipinski definition) is 2. The first-order valence-electron chi connectivity index (χ1n) is 7.61. The van der Waals surface area contributed by atoms with Gasteiger partial charge in [0.25, 0.3) is 5.91 Å². The molecular formula is C17H19BrN2O4. The number of halogens is 1. The summed E-state index contributed by atoms with van der Waals surface area (Å²) in [6.45, 7) is 3.02. The normalized spacial score (nSPS) is 10.4. The van der Waals surface area contributed by atoms with E-state index in [1.165, 1.54) is 0 Å². The highest BCUT2D eigenvalue weighted by Gasteiger charge is 2.12. The first-order valence-corrected chi connectivity index (χ1v) is 8.40. The summed E-state index contributed by atoms with van der Waals surface area (Å²) in [5, 5.41) is 11.4. The summed E-state index contributed by atoms with van der Waals surface area (Å²) < 4.78 is 8.18. The first kappa shape index (κ1) is 18.1. The summed E-state index contributed by atoms with van der Waals surface area (Å²) in [4.78, 5) is 22.7. The predicted octanol–water partition coefficient (Wildman–Crippen LogP) is 3.77. The van der Waals surface area contributed by atoms with Crippen LogP contribution < -0.4 is 10.1 Å². The Labute approximate surface area is 148 Å². The second-order valence-corrected chi connectivity index (χ2v) is 6.07. The molecule has 1 aromatic carbocycles. The molecule has 0 bridgehead atoms. The lowest BCUT2D eigenvalue weighted by Gasteiger charge is -2.09. The Hall–Kier alpha value is -2.28. The van der Waals surface area contributed by atoms with Gasteiger partial charge in [-0.3, -0.25) is 9.59 Å². The number of nitrogens with zero attached hydrogens (tertiary/aromatic N) is 1. The van der Waals surface area contributed by atoms with Crippen molar-refractivity contribution < 1.29 is 19.4 Å². The van der Waals surface area contributed by atoms with Gasteiger partial charge in [-0.25, -0.2) is 0 Å². The molecule has 0 atom stereocenters. The van der Waals surface area contributed by atoms with Gasteiger partial charge >= 0.3 is 5.97 Å². The van der Waals surface area contributed by atoms with Gasteiger partial charge in [-0.2, -0.15) is 0 Å². The van der Waals surface area contributed by atoms with Crippen LogP contribution in [0.15, 0.2) is 41.0 Å². The van der Waals surface area contributed by atoms with Crippen LogP contribution in [0.3, 0.4) is 0 Å². The molecule has 0 aliphatic carbocycles. The smallest absolute Gasteiger partial charge is 0.303 e. The van der Waals surface area contributed by atoms with Gasteiger partial charge in [-0.05, 0) is 59.6 Å². The standard InChI is InChI=1S/C17H19BrN2O4/c1-2-20-11-12(18)10-15(20)17(23)19-13-5-7-14(8-6-13)24-9-3-4-16(21)22/h5-8,10-11H,2-4,9H2,1H3,(H,19,23)(H,21,22). The van der Waals surface area contributed by atoms with Crippen LogP contribution in [0.2, 0.25) is 0 Å². The van der Waals surface area contributed by atoms with Crippen molar-refractivity contribution in [3.8, 4) is 5.75 Å². The number of anilines is 1. The molecule has 0 radical (unpaired) electrons. The molecule has 2 N–H and O–H groups in total. The number of ether oxygens (including phenoxy) is 1. The molecule has 2 aromatic rings. The van der Waals surface area contributed by atoms with Crippen LogP contribution in [-0.2, 0) is 11.3 Å². The van der Waals surface area contributed by atoms with Crippen LogP contribution in [0.25, 0.3) is 0 Å². The van der Waals surface area contributed by atoms with Crippen molar-refractivity contribution in [2.75, 3.05) is 11.9 Å². The van der Waals surface area contributed by atoms with Crippen molar-refractivity contribution >= 4 is 33.5 Å². The molecule has 1 heterocycles. The van der Waals surface area contributed by atoms with Gasteiger partial charge < -0.3 is 19.7 Å². The molecule has 0 spiro atoms. The number of carboxylic acid groups (broad SMARTS) is 1. The van der Waals surface area contributed by atoms with Crippen molar-refractivity contribution in [3.05, 3.63) is 46.7 Å². The number of aryl methyl sites for hydroxylation is 1. The van der Waals surface area contributed by atoms with E-state index in [1.54, 1.807) is 30.3 Å². The summed E-state index contributed by atoms with van der Waals surface area (Å²) >= 11 is 3.37. The zero-order valence-electron chi connectivity index (χ0n) is 13.3. The SMILES string of the molecule is CCn1cc(Br)cc1C(=O)Nc1ccc(OCCCC(=O)O)cc1. The van der Waals surface area contributed by atoms with Gasteiger partial charge in [-0.1, -0.05) is 0 Å². The van der Waals surface area contributed by atoms with Crippen LogP contribution in [0, 0.1) is 0 Å². The minimum absolute atomic E-state index is 0.0841. The van der Waals surface area contributed by atoms with Crippen LogP contribution in [0.5, 0.6) is 5.75 Å². The molecular weight excluding hydrogens is 376 g/mol. The highest BCUT2D eigenvalue weighted by Crippen LogP contribution is 2.19. The lowest BCUT2D eigenvalue weighted by Crippen LogP contribution is -2.16. The number of nitrogens with one attached hydrogen (secondary N) is 1. The summed E-state index contributed by atoms with van der Waals surface area (Å²) in [6.07, 6.45) is 2.40. The van der Waals surface area contributed by atoms with E-state index in [1.807, 2.05) is 17.7 Å². The monoisotopic (exact) mass is 394 g/mol. The molecule has 0 aliphatic heterocycles. The zero-order valence-corrected chi connectivity index (χ0v) is 14.9. The fourth-order valence-corrected chi connectivity index (χ4v) is 2.63. The Morgan fingerprint density at radius 2 is 2.00 bits per heavy atom. The Balaban J connectivity index is 1.91. The molecule has 1 amide bonds. The summed E-state index contributed by atoms with van der Waals surface area (Å²) in [5.74, 6) is -0.379. The quantitative estimate of drug-likeness (QED) is 0.667. The number of carbonyl (C=O) groups is 2. The number of hydrogen-bond acceptors (Lipinski definition) is 3. The summed E-state index contributed by atoms with van der Waals surface area (Å²) in [6, 6.07) is 8.76. The van der Waals surface area contributed by atoms with Crippen molar-refractivity contribution in [3.63, 3.8) is 0 Å². The van der Waals surface area contributed by atoms with Crippen molar-refractivity contribution in [2.45, 2.75) is 26.3 Å². The number of rotatable bonds is 8. The molecule has 7 heteroatoms. The molecule has 0 unspecified atom stereocenters. The fourth-order valence-electron chi connectivity index (χ4n) is 2.17. The van der Waals surface area contributed by atoms with Gasteiger partial charge in [0.2, 0.25) is 0 Å². The fraction of sp³-hybridized carbons (Fsp3) is 0.294. The van der Waals surface area contributed by atoms with E-state index in [9.17, 15) is 9.59 Å². The van der Waals surface area contributed by atoms with Crippen LogP contribution >= 0.6 is 15.9 Å². The van der Waals surface area contributed by atoms with Crippen molar-refractivity contribution in [1.82, 2.24) is 4.57 Å². The lowest BCUT2D eigenvalue weighted by atomic mass is 10.3. The maximum atomic E-state index is 12.3. The third kappa shape index (κ3) is 5.13. The molecule has 0 fully saturated rings. The number of benzene rings is 1. The zero-order chi connectivity index (χ0) is 17.5. The van der Waals surface area contributed by atoms with Crippen molar-refractivity contribution in [2.24, 2.45) is 0 Å². The van der Waals surface area contributed by atoms with Gasteiger partial charge in [0, 0.05) is 29.3 Å². The molecule has 2 rings (SSSR count).